The average molecular weight is 370 g/mol. The minimum absolute atomic E-state index is 0.00324. The van der Waals surface area contributed by atoms with E-state index in [9.17, 15) is 9.59 Å². The van der Waals surface area contributed by atoms with Crippen LogP contribution >= 0.6 is 0 Å². The second kappa shape index (κ2) is 8.75. The third kappa shape index (κ3) is 4.50. The second-order valence-corrected chi connectivity index (χ2v) is 6.98. The minimum atomic E-state index is 0.00324. The molecule has 0 spiro atoms. The summed E-state index contributed by atoms with van der Waals surface area (Å²) < 4.78 is 1.54. The molecule has 144 valence electrons. The highest BCUT2D eigenvalue weighted by Gasteiger charge is 2.29. The average Bonchev–Trinajstić information content (AvgIpc) is 3.26. The summed E-state index contributed by atoms with van der Waals surface area (Å²) in [5.74, 6) is 0.239. The fourth-order valence-corrected chi connectivity index (χ4v) is 3.37. The van der Waals surface area contributed by atoms with E-state index in [-0.39, 0.29) is 17.7 Å². The topological polar surface area (TPSA) is 84.2 Å². The summed E-state index contributed by atoms with van der Waals surface area (Å²) in [6, 6.07) is 7.22. The van der Waals surface area contributed by atoms with Gasteiger partial charge in [0.25, 0.3) is 5.91 Å². The molecule has 0 atom stereocenters. The Morgan fingerprint density at radius 3 is 2.48 bits per heavy atom. The summed E-state index contributed by atoms with van der Waals surface area (Å²) in [6.45, 7) is 4.16. The highest BCUT2D eigenvalue weighted by atomic mass is 16.2. The number of unbranched alkanes of at least 4 members (excludes halogenated alkanes) is 1. The summed E-state index contributed by atoms with van der Waals surface area (Å²) in [5, 5.41) is 11.0. The number of rotatable bonds is 6. The first-order valence-electron chi connectivity index (χ1n) is 9.48. The van der Waals surface area contributed by atoms with Crippen molar-refractivity contribution in [3.63, 3.8) is 0 Å². The molecule has 1 aliphatic heterocycles. The van der Waals surface area contributed by atoms with Crippen molar-refractivity contribution < 1.29 is 9.59 Å². The summed E-state index contributed by atoms with van der Waals surface area (Å²) in [6.07, 6.45) is 5.07. The molecule has 3 rings (SSSR count). The van der Waals surface area contributed by atoms with Gasteiger partial charge in [0.05, 0.1) is 5.69 Å². The van der Waals surface area contributed by atoms with Gasteiger partial charge in [-0.25, -0.2) is 4.68 Å². The van der Waals surface area contributed by atoms with Crippen molar-refractivity contribution in [2.45, 2.75) is 32.6 Å². The normalized spacial score (nSPS) is 15.0. The molecule has 0 saturated carbocycles. The molecule has 1 aromatic carbocycles. The van der Waals surface area contributed by atoms with E-state index in [2.05, 4.69) is 22.4 Å². The fraction of sp³-hybridized carbons (Fsp3) is 0.526. The Hall–Kier alpha value is -2.77. The molecule has 0 aliphatic carbocycles. The molecule has 2 aromatic rings. The zero-order chi connectivity index (χ0) is 19.2. The van der Waals surface area contributed by atoms with Crippen molar-refractivity contribution in [3.8, 4) is 5.69 Å². The van der Waals surface area contributed by atoms with Crippen LogP contribution in [0.1, 0.15) is 43.0 Å². The standard InChI is InChI=1S/C19H26N6O2/c1-3-4-11-23(2)18(26)16-9-12-24(13-10-16)19(27)15-5-7-17(8-6-15)25-14-20-21-22-25/h5-8,14,16H,3-4,9-13H2,1-2H3. The van der Waals surface area contributed by atoms with Crippen LogP contribution < -0.4 is 0 Å². The number of likely N-dealkylation sites (tertiary alicyclic amines) is 1. The number of amides is 2. The highest BCUT2D eigenvalue weighted by Crippen LogP contribution is 2.21. The van der Waals surface area contributed by atoms with Crippen LogP contribution in [0.2, 0.25) is 0 Å². The Kier molecular flexibility index (Phi) is 6.16. The third-order valence-corrected chi connectivity index (χ3v) is 5.08. The molecule has 0 N–H and O–H groups in total. The molecule has 8 nitrogen and oxygen atoms in total. The number of nitrogens with zero attached hydrogens (tertiary/aromatic N) is 6. The molecule has 2 heterocycles. The maximum absolute atomic E-state index is 12.7. The predicted molar refractivity (Wildman–Crippen MR) is 100 cm³/mol. The van der Waals surface area contributed by atoms with Crippen molar-refractivity contribution in [3.05, 3.63) is 36.2 Å². The molecule has 8 heteroatoms. The van der Waals surface area contributed by atoms with Gasteiger partial charge >= 0.3 is 0 Å². The van der Waals surface area contributed by atoms with Crippen LogP contribution in [0.15, 0.2) is 30.6 Å². The lowest BCUT2D eigenvalue weighted by molar-refractivity contribution is -0.135. The molecule has 1 aliphatic rings. The van der Waals surface area contributed by atoms with Gasteiger partial charge in [-0.3, -0.25) is 9.59 Å². The molecular formula is C19H26N6O2. The van der Waals surface area contributed by atoms with Gasteiger partial charge in [0, 0.05) is 38.2 Å². The predicted octanol–water partition coefficient (Wildman–Crippen LogP) is 1.77. The molecular weight excluding hydrogens is 344 g/mol. The number of hydrogen-bond acceptors (Lipinski definition) is 5. The second-order valence-electron chi connectivity index (χ2n) is 6.98. The summed E-state index contributed by atoms with van der Waals surface area (Å²) in [7, 11) is 1.88. The summed E-state index contributed by atoms with van der Waals surface area (Å²) >= 11 is 0. The van der Waals surface area contributed by atoms with Crippen LogP contribution in [-0.2, 0) is 4.79 Å². The van der Waals surface area contributed by atoms with Crippen molar-refractivity contribution in [2.24, 2.45) is 5.92 Å². The minimum Gasteiger partial charge on any atom is -0.346 e. The van der Waals surface area contributed by atoms with Gasteiger partial charge in [-0.2, -0.15) is 0 Å². The first-order valence-corrected chi connectivity index (χ1v) is 9.48. The van der Waals surface area contributed by atoms with Crippen LogP contribution in [-0.4, -0.2) is 68.5 Å². The molecule has 0 unspecified atom stereocenters. The lowest BCUT2D eigenvalue weighted by atomic mass is 9.94. The lowest BCUT2D eigenvalue weighted by Crippen LogP contribution is -2.43. The van der Waals surface area contributed by atoms with Crippen molar-refractivity contribution >= 4 is 11.8 Å². The van der Waals surface area contributed by atoms with Gasteiger partial charge in [-0.15, -0.1) is 5.10 Å². The molecule has 1 saturated heterocycles. The van der Waals surface area contributed by atoms with E-state index in [0.717, 1.165) is 37.9 Å². The number of carbonyl (C=O) groups is 2. The van der Waals surface area contributed by atoms with Crippen LogP contribution in [0.5, 0.6) is 0 Å². The van der Waals surface area contributed by atoms with E-state index in [1.54, 1.807) is 16.8 Å². The number of hydrogen-bond donors (Lipinski definition) is 0. The number of piperidine rings is 1. The molecule has 2 amide bonds. The molecule has 27 heavy (non-hydrogen) atoms. The third-order valence-electron chi connectivity index (χ3n) is 5.08. The van der Waals surface area contributed by atoms with Crippen molar-refractivity contribution in [2.75, 3.05) is 26.7 Å². The lowest BCUT2D eigenvalue weighted by Gasteiger charge is -2.33. The van der Waals surface area contributed by atoms with Gasteiger partial charge in [-0.05, 0) is 54.0 Å². The Bertz CT molecular complexity index is 751. The van der Waals surface area contributed by atoms with E-state index in [4.69, 9.17) is 0 Å². The fourth-order valence-electron chi connectivity index (χ4n) is 3.37. The van der Waals surface area contributed by atoms with Gasteiger partial charge in [0.2, 0.25) is 5.91 Å². The first kappa shape index (κ1) is 19.0. The van der Waals surface area contributed by atoms with Gasteiger partial charge < -0.3 is 9.80 Å². The quantitative estimate of drug-likeness (QED) is 0.774. The molecule has 1 aromatic heterocycles. The molecule has 1 fully saturated rings. The number of benzene rings is 1. The van der Waals surface area contributed by atoms with E-state index >= 15 is 0 Å². The van der Waals surface area contributed by atoms with E-state index < -0.39 is 0 Å². The smallest absolute Gasteiger partial charge is 0.253 e. The zero-order valence-electron chi connectivity index (χ0n) is 15.9. The van der Waals surface area contributed by atoms with E-state index in [1.807, 2.05) is 29.0 Å². The zero-order valence-corrected chi connectivity index (χ0v) is 15.9. The van der Waals surface area contributed by atoms with Crippen molar-refractivity contribution in [1.29, 1.82) is 0 Å². The number of aromatic nitrogens is 4. The Labute approximate surface area is 159 Å². The van der Waals surface area contributed by atoms with Gasteiger partial charge in [0.1, 0.15) is 6.33 Å². The van der Waals surface area contributed by atoms with Gasteiger partial charge in [-0.1, -0.05) is 13.3 Å². The summed E-state index contributed by atoms with van der Waals surface area (Å²) in [5.41, 5.74) is 1.44. The van der Waals surface area contributed by atoms with Gasteiger partial charge in [0.15, 0.2) is 0 Å². The van der Waals surface area contributed by atoms with Crippen molar-refractivity contribution in [1.82, 2.24) is 30.0 Å². The highest BCUT2D eigenvalue weighted by molar-refractivity contribution is 5.94. The molecule has 0 bridgehead atoms. The maximum atomic E-state index is 12.7. The monoisotopic (exact) mass is 370 g/mol. The van der Waals surface area contributed by atoms with Crippen LogP contribution in [0, 0.1) is 5.92 Å². The van der Waals surface area contributed by atoms with E-state index in [0.29, 0.717) is 18.7 Å². The number of carbonyl (C=O) groups excluding carboxylic acids is 2. The van der Waals surface area contributed by atoms with Crippen LogP contribution in [0.25, 0.3) is 5.69 Å². The summed E-state index contributed by atoms with van der Waals surface area (Å²) in [4.78, 5) is 28.9. The molecule has 0 radical (unpaired) electrons. The Morgan fingerprint density at radius 1 is 1.19 bits per heavy atom. The maximum Gasteiger partial charge on any atom is 0.253 e. The first-order chi connectivity index (χ1) is 13.1. The van der Waals surface area contributed by atoms with E-state index in [1.165, 1.54) is 6.33 Å². The largest absolute Gasteiger partial charge is 0.346 e. The van der Waals surface area contributed by atoms with Crippen LogP contribution in [0.3, 0.4) is 0 Å². The Morgan fingerprint density at radius 2 is 1.89 bits per heavy atom. The Balaban J connectivity index is 1.54. The number of tetrazole rings is 1. The van der Waals surface area contributed by atoms with Crippen LogP contribution in [0.4, 0.5) is 0 Å². The SMILES string of the molecule is CCCCN(C)C(=O)C1CCN(C(=O)c2ccc(-n3cnnn3)cc2)CC1.